The van der Waals surface area contributed by atoms with Crippen LogP contribution < -0.4 is 4.74 Å². The topological polar surface area (TPSA) is 9.23 Å². The quantitative estimate of drug-likeness (QED) is 0.550. The summed E-state index contributed by atoms with van der Waals surface area (Å²) in [6.45, 7) is 0.600. The molecule has 0 aliphatic heterocycles. The smallest absolute Gasteiger partial charge is 0.134 e. The van der Waals surface area contributed by atoms with E-state index in [4.69, 9.17) is 4.74 Å². The molecule has 2 rings (SSSR count). The minimum absolute atomic E-state index is 0.600. The highest BCUT2D eigenvalue weighted by Gasteiger charge is 2.04. The van der Waals surface area contributed by atoms with Gasteiger partial charge in [-0.25, -0.2) is 0 Å². The molecule has 0 amide bonds. The molecule has 0 aliphatic carbocycles. The fraction of sp³-hybridized carbons (Fsp3) is 0.167. The molecule has 0 atom stereocenters. The van der Waals surface area contributed by atoms with Crippen molar-refractivity contribution in [2.45, 2.75) is 11.9 Å². The zero-order chi connectivity index (χ0) is 12.3. The van der Waals surface area contributed by atoms with Crippen LogP contribution in [-0.2, 0) is 11.9 Å². The Kier molecular flexibility index (Phi) is 5.09. The Bertz CT molecular complexity index is 510. The fourth-order valence-electron chi connectivity index (χ4n) is 1.32. The highest BCUT2D eigenvalue weighted by molar-refractivity contribution is 9.11. The number of alkyl halides is 1. The van der Waals surface area contributed by atoms with Crippen LogP contribution in [0.4, 0.5) is 0 Å². The molecule has 1 aromatic carbocycles. The number of hydrogen-bond acceptors (Lipinski definition) is 2. The Morgan fingerprint density at radius 2 is 1.94 bits per heavy atom. The van der Waals surface area contributed by atoms with Gasteiger partial charge in [-0.1, -0.05) is 22.0 Å². The van der Waals surface area contributed by atoms with Gasteiger partial charge in [0, 0.05) is 10.2 Å². The third-order valence-electron chi connectivity index (χ3n) is 2.15. The molecule has 0 fully saturated rings. The summed E-state index contributed by atoms with van der Waals surface area (Å²) in [5.74, 6) is 0.874. The Morgan fingerprint density at radius 1 is 1.12 bits per heavy atom. The van der Waals surface area contributed by atoms with Crippen molar-refractivity contribution in [3.63, 3.8) is 0 Å². The molecule has 0 spiro atoms. The van der Waals surface area contributed by atoms with Crippen LogP contribution in [0.5, 0.6) is 5.75 Å². The molecule has 0 radical (unpaired) electrons. The first-order valence-corrected chi connectivity index (χ1v) is 8.43. The first kappa shape index (κ1) is 13.6. The number of halogens is 3. The van der Waals surface area contributed by atoms with Crippen LogP contribution in [-0.4, -0.2) is 0 Å². The maximum Gasteiger partial charge on any atom is 0.134 e. The lowest BCUT2D eigenvalue weighted by Crippen LogP contribution is -1.94. The number of rotatable bonds is 4. The standard InChI is InChI=1S/C12H9Br3OS/c13-6-8-1-3-11(10(14)5-8)16-7-9-2-4-12(15)17-9/h1-5H,6-7H2. The average Bonchev–Trinajstić information content (AvgIpc) is 2.73. The molecule has 1 heterocycles. The maximum absolute atomic E-state index is 5.76. The van der Waals surface area contributed by atoms with Crippen LogP contribution in [0.2, 0.25) is 0 Å². The van der Waals surface area contributed by atoms with E-state index in [1.807, 2.05) is 12.1 Å². The van der Waals surface area contributed by atoms with Gasteiger partial charge < -0.3 is 4.74 Å². The van der Waals surface area contributed by atoms with Crippen molar-refractivity contribution >= 4 is 59.1 Å². The molecule has 2 aromatic rings. The SMILES string of the molecule is BrCc1ccc(OCc2ccc(Br)s2)c(Br)c1. The van der Waals surface area contributed by atoms with Crippen LogP contribution in [0.15, 0.2) is 38.6 Å². The van der Waals surface area contributed by atoms with Crippen molar-refractivity contribution in [1.29, 1.82) is 0 Å². The zero-order valence-corrected chi connectivity index (χ0v) is 14.3. The summed E-state index contributed by atoms with van der Waals surface area (Å²) in [6, 6.07) is 10.2. The minimum Gasteiger partial charge on any atom is -0.487 e. The monoisotopic (exact) mass is 438 g/mol. The van der Waals surface area contributed by atoms with Gasteiger partial charge in [-0.3, -0.25) is 0 Å². The van der Waals surface area contributed by atoms with Gasteiger partial charge >= 0.3 is 0 Å². The minimum atomic E-state index is 0.600. The van der Waals surface area contributed by atoms with Gasteiger partial charge in [0.25, 0.3) is 0 Å². The molecule has 90 valence electrons. The van der Waals surface area contributed by atoms with Crippen molar-refractivity contribution in [2.75, 3.05) is 0 Å². The molecule has 0 aliphatic rings. The second-order valence-electron chi connectivity index (χ2n) is 3.39. The van der Waals surface area contributed by atoms with E-state index < -0.39 is 0 Å². The van der Waals surface area contributed by atoms with Crippen LogP contribution >= 0.6 is 59.1 Å². The van der Waals surface area contributed by atoms with E-state index in [1.165, 1.54) is 10.4 Å². The van der Waals surface area contributed by atoms with Crippen LogP contribution in [0.1, 0.15) is 10.4 Å². The van der Waals surface area contributed by atoms with Crippen molar-refractivity contribution in [2.24, 2.45) is 0 Å². The molecule has 17 heavy (non-hydrogen) atoms. The van der Waals surface area contributed by atoms with Crippen molar-refractivity contribution in [3.8, 4) is 5.75 Å². The van der Waals surface area contributed by atoms with Gasteiger partial charge in [0.2, 0.25) is 0 Å². The normalized spacial score (nSPS) is 10.5. The van der Waals surface area contributed by atoms with Gasteiger partial charge in [0.15, 0.2) is 0 Å². The van der Waals surface area contributed by atoms with Crippen molar-refractivity contribution in [3.05, 3.63) is 49.0 Å². The van der Waals surface area contributed by atoms with E-state index in [2.05, 4.69) is 66.0 Å². The maximum atomic E-state index is 5.76. The summed E-state index contributed by atoms with van der Waals surface area (Å²) in [4.78, 5) is 1.20. The molecule has 0 bridgehead atoms. The lowest BCUT2D eigenvalue weighted by atomic mass is 10.2. The van der Waals surface area contributed by atoms with E-state index in [0.717, 1.165) is 19.3 Å². The largest absolute Gasteiger partial charge is 0.487 e. The highest BCUT2D eigenvalue weighted by atomic mass is 79.9. The van der Waals surface area contributed by atoms with Gasteiger partial charge in [0.05, 0.1) is 8.26 Å². The van der Waals surface area contributed by atoms with Gasteiger partial charge in [0.1, 0.15) is 12.4 Å². The zero-order valence-electron chi connectivity index (χ0n) is 8.75. The third kappa shape index (κ3) is 3.81. The summed E-state index contributed by atoms with van der Waals surface area (Å²) >= 11 is 12.1. The summed E-state index contributed by atoms with van der Waals surface area (Å²) in [5.41, 5.74) is 1.23. The number of ether oxygens (including phenoxy) is 1. The summed E-state index contributed by atoms with van der Waals surface area (Å²) < 4.78 is 7.88. The second-order valence-corrected chi connectivity index (χ2v) is 7.36. The molecule has 1 nitrogen and oxygen atoms in total. The Balaban J connectivity index is 2.04. The Morgan fingerprint density at radius 3 is 2.53 bits per heavy atom. The van der Waals surface area contributed by atoms with Crippen LogP contribution in [0, 0.1) is 0 Å². The first-order chi connectivity index (χ1) is 8.19. The van der Waals surface area contributed by atoms with E-state index in [0.29, 0.717) is 6.61 Å². The van der Waals surface area contributed by atoms with E-state index in [1.54, 1.807) is 11.3 Å². The third-order valence-corrected chi connectivity index (χ3v) is 5.01. The van der Waals surface area contributed by atoms with Crippen LogP contribution in [0.3, 0.4) is 0 Å². The average molecular weight is 441 g/mol. The number of thiophene rings is 1. The van der Waals surface area contributed by atoms with Crippen LogP contribution in [0.25, 0.3) is 0 Å². The number of hydrogen-bond donors (Lipinski definition) is 0. The summed E-state index contributed by atoms with van der Waals surface area (Å²) in [5, 5.41) is 0.851. The first-order valence-electron chi connectivity index (χ1n) is 4.90. The predicted molar refractivity (Wildman–Crippen MR) is 83.1 cm³/mol. The lowest BCUT2D eigenvalue weighted by Gasteiger charge is -2.07. The summed E-state index contributed by atoms with van der Waals surface area (Å²) in [7, 11) is 0. The molecular formula is C12H9Br3OS. The molecule has 0 saturated heterocycles. The molecule has 0 N–H and O–H groups in total. The van der Waals surface area contributed by atoms with E-state index in [9.17, 15) is 0 Å². The molecule has 5 heteroatoms. The van der Waals surface area contributed by atoms with Gasteiger partial charge in [-0.15, -0.1) is 11.3 Å². The van der Waals surface area contributed by atoms with Crippen molar-refractivity contribution < 1.29 is 4.74 Å². The number of benzene rings is 1. The Labute approximate surface area is 130 Å². The van der Waals surface area contributed by atoms with Crippen molar-refractivity contribution in [1.82, 2.24) is 0 Å². The van der Waals surface area contributed by atoms with Gasteiger partial charge in [-0.05, 0) is 61.7 Å². The van der Waals surface area contributed by atoms with E-state index >= 15 is 0 Å². The second kappa shape index (κ2) is 6.36. The summed E-state index contributed by atoms with van der Waals surface area (Å²) in [6.07, 6.45) is 0. The lowest BCUT2D eigenvalue weighted by molar-refractivity contribution is 0.308. The van der Waals surface area contributed by atoms with Gasteiger partial charge in [-0.2, -0.15) is 0 Å². The van der Waals surface area contributed by atoms with E-state index in [-0.39, 0.29) is 0 Å². The Hall–Kier alpha value is 0.160. The predicted octanol–water partition coefficient (Wildman–Crippen LogP) is 5.75. The molecule has 0 unspecified atom stereocenters. The fourth-order valence-corrected chi connectivity index (χ4v) is 3.61. The molecule has 0 saturated carbocycles. The molecular weight excluding hydrogens is 432 g/mol. The molecule has 1 aromatic heterocycles. The highest BCUT2D eigenvalue weighted by Crippen LogP contribution is 2.29.